The second-order valence-corrected chi connectivity index (χ2v) is 4.61. The van der Waals surface area contributed by atoms with Gasteiger partial charge in [-0.1, -0.05) is 20.8 Å². The van der Waals surface area contributed by atoms with Gasteiger partial charge in [-0.15, -0.1) is 0 Å². The molecule has 0 fully saturated rings. The Bertz CT molecular complexity index is 347. The zero-order valence-electron chi connectivity index (χ0n) is 9.22. The van der Waals surface area contributed by atoms with E-state index >= 15 is 0 Å². The maximum absolute atomic E-state index is 14.6. The topological polar surface area (TPSA) is 38.9 Å². The third-order valence-electron chi connectivity index (χ3n) is 2.67. The lowest BCUT2D eigenvalue weighted by molar-refractivity contribution is 0.0306. The SMILES string of the molecule is CC(C)(C)C(F)(CN)c1ccncc1F. The van der Waals surface area contributed by atoms with E-state index < -0.39 is 16.9 Å². The summed E-state index contributed by atoms with van der Waals surface area (Å²) >= 11 is 0. The van der Waals surface area contributed by atoms with Crippen LogP contribution in [0, 0.1) is 11.2 Å². The zero-order valence-corrected chi connectivity index (χ0v) is 9.22. The molecule has 0 saturated carbocycles. The summed E-state index contributed by atoms with van der Waals surface area (Å²) in [5, 5.41) is 0. The molecule has 1 aromatic rings. The van der Waals surface area contributed by atoms with Crippen LogP contribution in [0.5, 0.6) is 0 Å². The van der Waals surface area contributed by atoms with Gasteiger partial charge in [0.15, 0.2) is 5.67 Å². The van der Waals surface area contributed by atoms with Gasteiger partial charge in [0.25, 0.3) is 0 Å². The quantitative estimate of drug-likeness (QED) is 0.821. The minimum absolute atomic E-state index is 0.0208. The Labute approximate surface area is 88.5 Å². The Balaban J connectivity index is 3.30. The Morgan fingerprint density at radius 2 is 2.00 bits per heavy atom. The number of rotatable bonds is 2. The van der Waals surface area contributed by atoms with Crippen LogP contribution < -0.4 is 5.73 Å². The fourth-order valence-corrected chi connectivity index (χ4v) is 1.52. The van der Waals surface area contributed by atoms with Gasteiger partial charge in [0.1, 0.15) is 5.82 Å². The largest absolute Gasteiger partial charge is 0.327 e. The molecule has 0 aliphatic heterocycles. The monoisotopic (exact) mass is 214 g/mol. The predicted molar refractivity (Wildman–Crippen MR) is 55.5 cm³/mol. The highest BCUT2D eigenvalue weighted by Crippen LogP contribution is 2.42. The van der Waals surface area contributed by atoms with Gasteiger partial charge in [-0.25, -0.2) is 8.78 Å². The number of aromatic nitrogens is 1. The maximum atomic E-state index is 14.6. The molecule has 1 rings (SSSR count). The summed E-state index contributed by atoms with van der Waals surface area (Å²) in [6.07, 6.45) is 2.37. The molecule has 1 atom stereocenters. The minimum atomic E-state index is -1.87. The number of nitrogens with zero attached hydrogens (tertiary/aromatic N) is 1. The normalized spacial score (nSPS) is 16.1. The number of hydrogen-bond donors (Lipinski definition) is 1. The molecule has 2 nitrogen and oxygen atoms in total. The van der Waals surface area contributed by atoms with Crippen molar-refractivity contribution in [3.63, 3.8) is 0 Å². The number of pyridine rings is 1. The zero-order chi connectivity index (χ0) is 11.7. The highest BCUT2D eigenvalue weighted by molar-refractivity contribution is 5.24. The number of nitrogens with two attached hydrogens (primary N) is 1. The van der Waals surface area contributed by atoms with E-state index in [1.165, 1.54) is 12.3 Å². The van der Waals surface area contributed by atoms with E-state index in [4.69, 9.17) is 5.73 Å². The molecule has 0 bridgehead atoms. The number of hydrogen-bond acceptors (Lipinski definition) is 2. The lowest BCUT2D eigenvalue weighted by Gasteiger charge is -2.37. The van der Waals surface area contributed by atoms with Crippen LogP contribution in [0.2, 0.25) is 0 Å². The smallest absolute Gasteiger partial charge is 0.155 e. The van der Waals surface area contributed by atoms with Crippen LogP contribution in [0.15, 0.2) is 18.5 Å². The molecule has 0 spiro atoms. The van der Waals surface area contributed by atoms with E-state index in [2.05, 4.69) is 4.98 Å². The van der Waals surface area contributed by atoms with Crippen molar-refractivity contribution in [2.24, 2.45) is 11.1 Å². The van der Waals surface area contributed by atoms with E-state index in [9.17, 15) is 8.78 Å². The van der Waals surface area contributed by atoms with Crippen LogP contribution in [-0.2, 0) is 5.67 Å². The molecule has 1 unspecified atom stereocenters. The van der Waals surface area contributed by atoms with Crippen molar-refractivity contribution in [1.82, 2.24) is 4.98 Å². The van der Waals surface area contributed by atoms with Crippen LogP contribution in [-0.4, -0.2) is 11.5 Å². The molecule has 2 N–H and O–H groups in total. The van der Waals surface area contributed by atoms with E-state index in [1.807, 2.05) is 0 Å². The van der Waals surface area contributed by atoms with Crippen molar-refractivity contribution in [3.8, 4) is 0 Å². The van der Waals surface area contributed by atoms with Crippen molar-refractivity contribution < 1.29 is 8.78 Å². The summed E-state index contributed by atoms with van der Waals surface area (Å²) in [5.74, 6) is -0.652. The Morgan fingerprint density at radius 1 is 1.40 bits per heavy atom. The van der Waals surface area contributed by atoms with Crippen molar-refractivity contribution in [3.05, 3.63) is 29.8 Å². The van der Waals surface area contributed by atoms with Gasteiger partial charge in [-0.05, 0) is 6.07 Å². The second kappa shape index (κ2) is 3.85. The molecule has 1 aromatic heterocycles. The van der Waals surface area contributed by atoms with E-state index in [0.29, 0.717) is 0 Å². The first kappa shape index (κ1) is 12.0. The van der Waals surface area contributed by atoms with Gasteiger partial charge in [-0.3, -0.25) is 4.98 Å². The fraction of sp³-hybridized carbons (Fsp3) is 0.545. The molecule has 0 saturated heterocycles. The van der Waals surface area contributed by atoms with Crippen LogP contribution in [0.1, 0.15) is 26.3 Å². The maximum Gasteiger partial charge on any atom is 0.155 e. The molecule has 15 heavy (non-hydrogen) atoms. The molecule has 0 aliphatic carbocycles. The molecule has 0 radical (unpaired) electrons. The average Bonchev–Trinajstić information content (AvgIpc) is 2.15. The first-order valence-electron chi connectivity index (χ1n) is 4.82. The van der Waals surface area contributed by atoms with Crippen LogP contribution >= 0.6 is 0 Å². The molecule has 0 aliphatic rings. The van der Waals surface area contributed by atoms with Gasteiger partial charge in [0, 0.05) is 23.7 Å². The van der Waals surface area contributed by atoms with Gasteiger partial charge in [-0.2, -0.15) is 0 Å². The molecule has 0 amide bonds. The van der Waals surface area contributed by atoms with Crippen LogP contribution in [0.4, 0.5) is 8.78 Å². The first-order valence-corrected chi connectivity index (χ1v) is 4.82. The Kier molecular flexibility index (Phi) is 3.09. The summed E-state index contributed by atoms with van der Waals surface area (Å²) in [6, 6.07) is 1.34. The highest BCUT2D eigenvalue weighted by atomic mass is 19.1. The molecule has 0 aromatic carbocycles. The molecule has 4 heteroatoms. The van der Waals surface area contributed by atoms with Crippen molar-refractivity contribution >= 4 is 0 Å². The standard InChI is InChI=1S/C11H16F2N2/c1-10(2,3)11(13,7-14)8-4-5-15-6-9(8)12/h4-6H,7,14H2,1-3H3. The Morgan fingerprint density at radius 3 is 2.40 bits per heavy atom. The van der Waals surface area contributed by atoms with E-state index in [-0.39, 0.29) is 12.1 Å². The van der Waals surface area contributed by atoms with Gasteiger partial charge < -0.3 is 5.73 Å². The lowest BCUT2D eigenvalue weighted by Crippen LogP contribution is -2.43. The van der Waals surface area contributed by atoms with Crippen molar-refractivity contribution in [1.29, 1.82) is 0 Å². The average molecular weight is 214 g/mol. The highest BCUT2D eigenvalue weighted by Gasteiger charge is 2.44. The third kappa shape index (κ3) is 2.00. The number of halogens is 2. The third-order valence-corrected chi connectivity index (χ3v) is 2.67. The second-order valence-electron chi connectivity index (χ2n) is 4.61. The molecular formula is C11H16F2N2. The molecule has 84 valence electrons. The molecule has 1 heterocycles. The van der Waals surface area contributed by atoms with Crippen molar-refractivity contribution in [2.75, 3.05) is 6.54 Å². The lowest BCUT2D eigenvalue weighted by atomic mass is 9.74. The summed E-state index contributed by atoms with van der Waals surface area (Å²) in [6.45, 7) is 4.83. The number of alkyl halides is 1. The van der Waals surface area contributed by atoms with Crippen molar-refractivity contribution in [2.45, 2.75) is 26.4 Å². The predicted octanol–water partition coefficient (Wildman–Crippen LogP) is 2.39. The van der Waals surface area contributed by atoms with Crippen LogP contribution in [0.25, 0.3) is 0 Å². The van der Waals surface area contributed by atoms with E-state index in [0.717, 1.165) is 6.20 Å². The summed E-state index contributed by atoms with van der Waals surface area (Å²) < 4.78 is 28.1. The van der Waals surface area contributed by atoms with Crippen LogP contribution in [0.3, 0.4) is 0 Å². The van der Waals surface area contributed by atoms with E-state index in [1.54, 1.807) is 20.8 Å². The summed E-state index contributed by atoms with van der Waals surface area (Å²) in [4.78, 5) is 3.59. The summed E-state index contributed by atoms with van der Waals surface area (Å²) in [5.41, 5.74) is 2.78. The summed E-state index contributed by atoms with van der Waals surface area (Å²) in [7, 11) is 0. The van der Waals surface area contributed by atoms with Gasteiger partial charge in [0.05, 0.1) is 6.20 Å². The Hall–Kier alpha value is -1.03. The first-order chi connectivity index (χ1) is 6.83. The van der Waals surface area contributed by atoms with Gasteiger partial charge >= 0.3 is 0 Å². The molecular weight excluding hydrogens is 198 g/mol. The van der Waals surface area contributed by atoms with Gasteiger partial charge in [0.2, 0.25) is 0 Å². The minimum Gasteiger partial charge on any atom is -0.327 e. The fourth-order valence-electron chi connectivity index (χ4n) is 1.52.